The highest BCUT2D eigenvalue weighted by Gasteiger charge is 2.23. The van der Waals surface area contributed by atoms with Gasteiger partial charge in [0, 0.05) is 30.6 Å². The third kappa shape index (κ3) is 3.47. The predicted octanol–water partition coefficient (Wildman–Crippen LogP) is 3.38. The van der Waals surface area contributed by atoms with Crippen LogP contribution in [-0.4, -0.2) is 32.2 Å². The normalized spacial score (nSPS) is 11.3. The number of amides is 1. The summed E-state index contributed by atoms with van der Waals surface area (Å²) in [6.45, 7) is 4.03. The standard InChI is InChI=1S/C20H23N3O3S.ClH/c1-12-9-10-16-17(13(12)2)18(19(20(21)24)22(16)3)14-7-6-8-15(11-14)23(4)27(5,25)26;/h6-11H,1-5H3,(H2,21,24);1H. The van der Waals surface area contributed by atoms with E-state index in [4.69, 9.17) is 5.73 Å². The zero-order valence-electron chi connectivity index (χ0n) is 16.5. The van der Waals surface area contributed by atoms with Gasteiger partial charge in [-0.05, 0) is 48.7 Å². The first-order chi connectivity index (χ1) is 12.5. The summed E-state index contributed by atoms with van der Waals surface area (Å²) in [7, 11) is -0.0824. The fourth-order valence-electron chi connectivity index (χ4n) is 3.42. The third-order valence-electron chi connectivity index (χ3n) is 5.13. The lowest BCUT2D eigenvalue weighted by Gasteiger charge is -2.17. The van der Waals surface area contributed by atoms with E-state index >= 15 is 0 Å². The van der Waals surface area contributed by atoms with Crippen LogP contribution in [0.4, 0.5) is 5.69 Å². The molecule has 6 nitrogen and oxygen atoms in total. The molecule has 3 aromatic rings. The van der Waals surface area contributed by atoms with Crippen molar-refractivity contribution in [3.05, 3.63) is 53.2 Å². The Morgan fingerprint density at radius 1 is 1.14 bits per heavy atom. The van der Waals surface area contributed by atoms with Gasteiger partial charge in [-0.1, -0.05) is 18.2 Å². The lowest BCUT2D eigenvalue weighted by atomic mass is 9.96. The maximum absolute atomic E-state index is 12.3. The van der Waals surface area contributed by atoms with Crippen molar-refractivity contribution in [1.82, 2.24) is 4.57 Å². The number of hydrogen-bond donors (Lipinski definition) is 1. The van der Waals surface area contributed by atoms with Crippen LogP contribution < -0.4 is 10.0 Å². The Morgan fingerprint density at radius 2 is 1.79 bits per heavy atom. The monoisotopic (exact) mass is 421 g/mol. The highest BCUT2D eigenvalue weighted by atomic mass is 35.5. The second-order valence-corrected chi connectivity index (χ2v) is 8.84. The predicted molar refractivity (Wildman–Crippen MR) is 117 cm³/mol. The van der Waals surface area contributed by atoms with Gasteiger partial charge in [-0.25, -0.2) is 8.42 Å². The molecule has 0 atom stereocenters. The van der Waals surface area contributed by atoms with Crippen LogP contribution in [0.1, 0.15) is 21.6 Å². The average Bonchev–Trinajstić information content (AvgIpc) is 2.90. The summed E-state index contributed by atoms with van der Waals surface area (Å²) in [4.78, 5) is 12.3. The first kappa shape index (κ1) is 21.8. The van der Waals surface area contributed by atoms with Crippen LogP contribution in [0.5, 0.6) is 0 Å². The van der Waals surface area contributed by atoms with E-state index in [0.29, 0.717) is 11.4 Å². The minimum absolute atomic E-state index is 0. The third-order valence-corrected chi connectivity index (χ3v) is 6.33. The Bertz CT molecular complexity index is 1180. The number of sulfonamides is 1. The van der Waals surface area contributed by atoms with E-state index in [1.54, 1.807) is 22.8 Å². The molecular formula is C20H24ClN3O3S. The SMILES string of the molecule is Cc1ccc2c(c1C)c(-c1cccc(N(C)S(C)(=O)=O)c1)c(C(N)=O)n2C.Cl. The minimum Gasteiger partial charge on any atom is -0.364 e. The van der Waals surface area contributed by atoms with Crippen LogP contribution >= 0.6 is 12.4 Å². The van der Waals surface area contributed by atoms with Gasteiger partial charge >= 0.3 is 0 Å². The molecule has 2 aromatic carbocycles. The van der Waals surface area contributed by atoms with E-state index in [9.17, 15) is 13.2 Å². The van der Waals surface area contributed by atoms with Gasteiger partial charge < -0.3 is 10.3 Å². The van der Waals surface area contributed by atoms with Crippen molar-refractivity contribution in [3.63, 3.8) is 0 Å². The number of primary amides is 1. The molecule has 0 aliphatic carbocycles. The lowest BCUT2D eigenvalue weighted by Crippen LogP contribution is -2.24. The number of aromatic nitrogens is 1. The van der Waals surface area contributed by atoms with E-state index in [0.717, 1.165) is 39.4 Å². The Morgan fingerprint density at radius 3 is 2.36 bits per heavy atom. The molecule has 0 radical (unpaired) electrons. The molecule has 0 saturated carbocycles. The van der Waals surface area contributed by atoms with E-state index < -0.39 is 15.9 Å². The molecule has 28 heavy (non-hydrogen) atoms. The summed E-state index contributed by atoms with van der Waals surface area (Å²) in [6.07, 6.45) is 1.15. The number of nitrogens with two attached hydrogens (primary N) is 1. The highest BCUT2D eigenvalue weighted by molar-refractivity contribution is 7.92. The number of carbonyl (C=O) groups excluding carboxylic acids is 1. The number of nitrogens with zero attached hydrogens (tertiary/aromatic N) is 2. The molecule has 1 amide bonds. The lowest BCUT2D eigenvalue weighted by molar-refractivity contribution is 0.0993. The molecule has 150 valence electrons. The van der Waals surface area contributed by atoms with Crippen LogP contribution in [0.3, 0.4) is 0 Å². The summed E-state index contributed by atoms with van der Waals surface area (Å²) in [5.41, 5.74) is 11.2. The fraction of sp³-hybridized carbons (Fsp3) is 0.250. The molecule has 0 saturated heterocycles. The molecule has 0 aliphatic rings. The molecule has 0 spiro atoms. The molecule has 0 unspecified atom stereocenters. The van der Waals surface area contributed by atoms with Gasteiger partial charge in [-0.15, -0.1) is 12.4 Å². The number of halogens is 1. The van der Waals surface area contributed by atoms with Crippen molar-refractivity contribution in [2.45, 2.75) is 13.8 Å². The molecule has 1 aromatic heterocycles. The van der Waals surface area contributed by atoms with E-state index in [1.165, 1.54) is 11.4 Å². The average molecular weight is 422 g/mol. The topological polar surface area (TPSA) is 85.4 Å². The van der Waals surface area contributed by atoms with E-state index in [1.807, 2.05) is 39.1 Å². The van der Waals surface area contributed by atoms with Gasteiger partial charge in [0.15, 0.2) is 0 Å². The Hall–Kier alpha value is -2.51. The zero-order chi connectivity index (χ0) is 20.1. The summed E-state index contributed by atoms with van der Waals surface area (Å²) < 4.78 is 26.8. The summed E-state index contributed by atoms with van der Waals surface area (Å²) in [5, 5.41) is 0.949. The van der Waals surface area contributed by atoms with Gasteiger partial charge in [0.1, 0.15) is 5.69 Å². The van der Waals surface area contributed by atoms with Crippen LogP contribution in [0.2, 0.25) is 0 Å². The van der Waals surface area contributed by atoms with Crippen LogP contribution in [0, 0.1) is 13.8 Å². The maximum Gasteiger partial charge on any atom is 0.266 e. The number of anilines is 1. The van der Waals surface area contributed by atoms with E-state index in [-0.39, 0.29) is 12.4 Å². The molecule has 0 aliphatic heterocycles. The van der Waals surface area contributed by atoms with Crippen molar-refractivity contribution >= 4 is 44.9 Å². The summed E-state index contributed by atoms with van der Waals surface area (Å²) in [6, 6.07) is 11.1. The fourth-order valence-corrected chi connectivity index (χ4v) is 3.92. The summed E-state index contributed by atoms with van der Waals surface area (Å²) >= 11 is 0. The quantitative estimate of drug-likeness (QED) is 0.700. The van der Waals surface area contributed by atoms with Crippen molar-refractivity contribution in [2.24, 2.45) is 12.8 Å². The maximum atomic E-state index is 12.3. The summed E-state index contributed by atoms with van der Waals surface area (Å²) in [5.74, 6) is -0.525. The smallest absolute Gasteiger partial charge is 0.266 e. The number of rotatable bonds is 4. The number of aryl methyl sites for hydroxylation is 3. The van der Waals surface area contributed by atoms with Crippen molar-refractivity contribution in [2.75, 3.05) is 17.6 Å². The van der Waals surface area contributed by atoms with Gasteiger partial charge in [0.25, 0.3) is 5.91 Å². The van der Waals surface area contributed by atoms with Gasteiger partial charge in [-0.3, -0.25) is 9.10 Å². The molecule has 8 heteroatoms. The number of carbonyl (C=O) groups is 1. The van der Waals surface area contributed by atoms with Crippen LogP contribution in [0.15, 0.2) is 36.4 Å². The molecule has 2 N–H and O–H groups in total. The Balaban J connectivity index is 0.00000280. The van der Waals surface area contributed by atoms with Crippen LogP contribution in [0.25, 0.3) is 22.0 Å². The highest BCUT2D eigenvalue weighted by Crippen LogP contribution is 2.38. The number of hydrogen-bond acceptors (Lipinski definition) is 3. The molecule has 1 heterocycles. The van der Waals surface area contributed by atoms with Gasteiger partial charge in [0.2, 0.25) is 10.0 Å². The van der Waals surface area contributed by atoms with E-state index in [2.05, 4.69) is 0 Å². The first-order valence-electron chi connectivity index (χ1n) is 8.46. The van der Waals surface area contributed by atoms with Crippen molar-refractivity contribution in [3.8, 4) is 11.1 Å². The second kappa shape index (κ2) is 7.48. The van der Waals surface area contributed by atoms with Crippen molar-refractivity contribution in [1.29, 1.82) is 0 Å². The minimum atomic E-state index is -3.40. The molecule has 0 fully saturated rings. The zero-order valence-corrected chi connectivity index (χ0v) is 18.1. The largest absolute Gasteiger partial charge is 0.364 e. The molecular weight excluding hydrogens is 398 g/mol. The Kier molecular flexibility index (Phi) is 5.82. The second-order valence-electron chi connectivity index (χ2n) is 6.83. The van der Waals surface area contributed by atoms with Crippen molar-refractivity contribution < 1.29 is 13.2 Å². The van der Waals surface area contributed by atoms with Gasteiger partial charge in [0.05, 0.1) is 11.9 Å². The first-order valence-corrected chi connectivity index (χ1v) is 10.3. The van der Waals surface area contributed by atoms with Gasteiger partial charge in [-0.2, -0.15) is 0 Å². The number of benzene rings is 2. The molecule has 0 bridgehead atoms. The van der Waals surface area contributed by atoms with Crippen LogP contribution in [-0.2, 0) is 17.1 Å². The Labute approximate surface area is 171 Å². The molecule has 3 rings (SSSR count). The number of fused-ring (bicyclic) bond motifs is 1.